The van der Waals surface area contributed by atoms with Crippen molar-refractivity contribution in [1.82, 2.24) is 0 Å². The molecular weight excluding hydrogens is 225 g/mol. The van der Waals surface area contributed by atoms with Gasteiger partial charge < -0.3 is 16.8 Å². The summed E-state index contributed by atoms with van der Waals surface area (Å²) in [6, 6.07) is 3.05. The third-order valence-corrected chi connectivity index (χ3v) is 2.27. The highest BCUT2D eigenvalue weighted by Crippen LogP contribution is 2.30. The van der Waals surface area contributed by atoms with E-state index in [2.05, 4.69) is 5.32 Å². The van der Waals surface area contributed by atoms with Gasteiger partial charge in [-0.05, 0) is 12.1 Å². The molecule has 0 heterocycles. The van der Waals surface area contributed by atoms with Crippen molar-refractivity contribution >= 4 is 40.5 Å². The maximum atomic E-state index is 10.5. The van der Waals surface area contributed by atoms with Crippen LogP contribution in [0.15, 0.2) is 12.1 Å². The van der Waals surface area contributed by atoms with E-state index in [1.54, 1.807) is 6.07 Å². The van der Waals surface area contributed by atoms with Gasteiger partial charge in [0.2, 0.25) is 5.91 Å². The minimum atomic E-state index is -0.476. The Bertz CT molecular complexity index is 368. The Labute approximate surface area is 91.2 Å². The molecule has 0 aliphatic heterocycles. The Morgan fingerprint density at radius 1 is 1.36 bits per heavy atom. The second-order valence-corrected chi connectivity index (χ2v) is 3.49. The standard InChI is InChI=1S/C8H9Cl2N3O/c9-4-1-6(11)7(2-5(4)10)13-3-8(12)14/h1-2,13H,3,11H2,(H2,12,14). The van der Waals surface area contributed by atoms with Crippen LogP contribution in [0.1, 0.15) is 0 Å². The van der Waals surface area contributed by atoms with Crippen molar-refractivity contribution in [3.63, 3.8) is 0 Å². The minimum Gasteiger partial charge on any atom is -0.397 e. The predicted molar refractivity (Wildman–Crippen MR) is 58.6 cm³/mol. The topological polar surface area (TPSA) is 81.1 Å². The first-order valence-electron chi connectivity index (χ1n) is 3.77. The summed E-state index contributed by atoms with van der Waals surface area (Å²) in [6.07, 6.45) is 0. The van der Waals surface area contributed by atoms with Crippen LogP contribution in [0.2, 0.25) is 10.0 Å². The van der Waals surface area contributed by atoms with Crippen LogP contribution in [0.5, 0.6) is 0 Å². The van der Waals surface area contributed by atoms with Crippen LogP contribution < -0.4 is 16.8 Å². The summed E-state index contributed by atoms with van der Waals surface area (Å²) < 4.78 is 0. The molecular formula is C8H9Cl2N3O. The molecule has 1 rings (SSSR count). The lowest BCUT2D eigenvalue weighted by atomic mass is 10.2. The molecule has 5 N–H and O–H groups in total. The summed E-state index contributed by atoms with van der Waals surface area (Å²) in [7, 11) is 0. The smallest absolute Gasteiger partial charge is 0.236 e. The molecule has 6 heteroatoms. The van der Waals surface area contributed by atoms with Gasteiger partial charge in [0.05, 0.1) is 28.0 Å². The summed E-state index contributed by atoms with van der Waals surface area (Å²) in [5, 5.41) is 3.48. The molecule has 0 spiro atoms. The van der Waals surface area contributed by atoms with Crippen LogP contribution in [0.3, 0.4) is 0 Å². The van der Waals surface area contributed by atoms with Crippen LogP contribution in [0.4, 0.5) is 11.4 Å². The number of carbonyl (C=O) groups is 1. The van der Waals surface area contributed by atoms with Gasteiger partial charge in [0.25, 0.3) is 0 Å². The molecule has 0 fully saturated rings. The van der Waals surface area contributed by atoms with E-state index in [9.17, 15) is 4.79 Å². The highest BCUT2D eigenvalue weighted by atomic mass is 35.5. The number of benzene rings is 1. The first-order chi connectivity index (χ1) is 6.50. The van der Waals surface area contributed by atoms with Crippen LogP contribution in [-0.4, -0.2) is 12.5 Å². The second kappa shape index (κ2) is 4.39. The lowest BCUT2D eigenvalue weighted by Crippen LogP contribution is -2.22. The normalized spacial score (nSPS) is 9.86. The molecule has 0 saturated carbocycles. The van der Waals surface area contributed by atoms with Crippen LogP contribution in [0, 0.1) is 0 Å². The number of hydrogen-bond donors (Lipinski definition) is 3. The fourth-order valence-corrected chi connectivity index (χ4v) is 1.23. The molecule has 1 aromatic carbocycles. The molecule has 0 aliphatic rings. The van der Waals surface area contributed by atoms with Crippen molar-refractivity contribution in [1.29, 1.82) is 0 Å². The summed E-state index contributed by atoms with van der Waals surface area (Å²) >= 11 is 11.5. The molecule has 4 nitrogen and oxygen atoms in total. The third kappa shape index (κ3) is 2.68. The van der Waals surface area contributed by atoms with Gasteiger partial charge in [-0.15, -0.1) is 0 Å². The van der Waals surface area contributed by atoms with E-state index in [1.165, 1.54) is 6.07 Å². The number of carbonyl (C=O) groups excluding carboxylic acids is 1. The van der Waals surface area contributed by atoms with E-state index in [-0.39, 0.29) is 6.54 Å². The zero-order valence-corrected chi connectivity index (χ0v) is 8.69. The molecule has 0 aliphatic carbocycles. The SMILES string of the molecule is NC(=O)CNc1cc(Cl)c(Cl)cc1N. The number of nitrogen functional groups attached to an aromatic ring is 1. The molecule has 0 saturated heterocycles. The Kier molecular flexibility index (Phi) is 3.43. The number of nitrogens with two attached hydrogens (primary N) is 2. The fourth-order valence-electron chi connectivity index (χ4n) is 0.898. The maximum absolute atomic E-state index is 10.5. The van der Waals surface area contributed by atoms with Gasteiger partial charge in [0, 0.05) is 0 Å². The molecule has 0 atom stereocenters. The van der Waals surface area contributed by atoms with E-state index in [0.29, 0.717) is 21.4 Å². The minimum absolute atomic E-state index is 0.00214. The lowest BCUT2D eigenvalue weighted by Gasteiger charge is -2.08. The van der Waals surface area contributed by atoms with Crippen molar-refractivity contribution < 1.29 is 4.79 Å². The van der Waals surface area contributed by atoms with Crippen LogP contribution in [0.25, 0.3) is 0 Å². The molecule has 14 heavy (non-hydrogen) atoms. The number of nitrogens with one attached hydrogen (secondary N) is 1. The lowest BCUT2D eigenvalue weighted by molar-refractivity contribution is -0.116. The first kappa shape index (κ1) is 10.9. The average molecular weight is 234 g/mol. The highest BCUT2D eigenvalue weighted by molar-refractivity contribution is 6.42. The molecule has 0 unspecified atom stereocenters. The molecule has 0 radical (unpaired) electrons. The van der Waals surface area contributed by atoms with Gasteiger partial charge in [-0.25, -0.2) is 0 Å². The van der Waals surface area contributed by atoms with E-state index in [0.717, 1.165) is 0 Å². The van der Waals surface area contributed by atoms with Crippen molar-refractivity contribution in [3.05, 3.63) is 22.2 Å². The van der Waals surface area contributed by atoms with Crippen LogP contribution in [-0.2, 0) is 4.79 Å². The quantitative estimate of drug-likeness (QED) is 0.692. The van der Waals surface area contributed by atoms with E-state index >= 15 is 0 Å². The Morgan fingerprint density at radius 3 is 2.50 bits per heavy atom. The summed E-state index contributed by atoms with van der Waals surface area (Å²) in [4.78, 5) is 10.5. The van der Waals surface area contributed by atoms with Crippen molar-refractivity contribution in [2.24, 2.45) is 5.73 Å². The number of halogens is 2. The summed E-state index contributed by atoms with van der Waals surface area (Å²) in [5.74, 6) is -0.476. The molecule has 76 valence electrons. The van der Waals surface area contributed by atoms with Gasteiger partial charge in [0.15, 0.2) is 0 Å². The van der Waals surface area contributed by atoms with Gasteiger partial charge in [-0.1, -0.05) is 23.2 Å². The zero-order valence-electron chi connectivity index (χ0n) is 7.18. The maximum Gasteiger partial charge on any atom is 0.236 e. The van der Waals surface area contributed by atoms with E-state index < -0.39 is 5.91 Å². The highest BCUT2D eigenvalue weighted by Gasteiger charge is 2.05. The first-order valence-corrected chi connectivity index (χ1v) is 4.53. The fraction of sp³-hybridized carbons (Fsp3) is 0.125. The third-order valence-electron chi connectivity index (χ3n) is 1.55. The van der Waals surface area contributed by atoms with Crippen LogP contribution >= 0.6 is 23.2 Å². The largest absolute Gasteiger partial charge is 0.397 e. The number of anilines is 2. The average Bonchev–Trinajstić information content (AvgIpc) is 2.09. The van der Waals surface area contributed by atoms with Gasteiger partial charge in [-0.2, -0.15) is 0 Å². The second-order valence-electron chi connectivity index (χ2n) is 2.67. The Hall–Kier alpha value is -1.13. The molecule has 1 aromatic rings. The number of rotatable bonds is 3. The van der Waals surface area contributed by atoms with Gasteiger partial charge >= 0.3 is 0 Å². The summed E-state index contributed by atoms with van der Waals surface area (Å²) in [5.41, 5.74) is 11.5. The number of hydrogen-bond acceptors (Lipinski definition) is 3. The Morgan fingerprint density at radius 2 is 1.93 bits per heavy atom. The Balaban J connectivity index is 2.87. The molecule has 1 amide bonds. The van der Waals surface area contributed by atoms with Gasteiger partial charge in [-0.3, -0.25) is 4.79 Å². The number of primary amides is 1. The monoisotopic (exact) mass is 233 g/mol. The molecule has 0 bridgehead atoms. The van der Waals surface area contributed by atoms with E-state index in [1.807, 2.05) is 0 Å². The van der Waals surface area contributed by atoms with Crippen molar-refractivity contribution in [2.45, 2.75) is 0 Å². The summed E-state index contributed by atoms with van der Waals surface area (Å²) in [6.45, 7) is 0.00214. The number of amides is 1. The molecule has 0 aromatic heterocycles. The van der Waals surface area contributed by atoms with Crippen molar-refractivity contribution in [3.8, 4) is 0 Å². The van der Waals surface area contributed by atoms with E-state index in [4.69, 9.17) is 34.7 Å². The van der Waals surface area contributed by atoms with Crippen molar-refractivity contribution in [2.75, 3.05) is 17.6 Å². The zero-order chi connectivity index (χ0) is 10.7. The van der Waals surface area contributed by atoms with Gasteiger partial charge in [0.1, 0.15) is 0 Å². The predicted octanol–water partition coefficient (Wildman–Crippen LogP) is 1.47.